The van der Waals surface area contributed by atoms with E-state index < -0.39 is 0 Å². The van der Waals surface area contributed by atoms with Crippen LogP contribution < -0.4 is 5.73 Å². The first kappa shape index (κ1) is 13.5. The maximum absolute atomic E-state index is 5.90. The van der Waals surface area contributed by atoms with Crippen molar-refractivity contribution in [3.8, 4) is 11.4 Å². The van der Waals surface area contributed by atoms with Gasteiger partial charge in [0.25, 0.3) is 0 Å². The molecule has 0 bridgehead atoms. The molecule has 1 aromatic heterocycles. The molecule has 20 heavy (non-hydrogen) atoms. The van der Waals surface area contributed by atoms with Gasteiger partial charge in [-0.2, -0.15) is 0 Å². The number of aromatic nitrogens is 4. The molecular formula is C14H18BrN5. The molecule has 1 saturated carbocycles. The van der Waals surface area contributed by atoms with E-state index in [4.69, 9.17) is 5.73 Å². The summed E-state index contributed by atoms with van der Waals surface area (Å²) in [5.74, 6) is 1.62. The number of nitrogens with zero attached hydrogens (tertiary/aromatic N) is 4. The number of nitrogens with two attached hydrogens (primary N) is 1. The van der Waals surface area contributed by atoms with Crippen molar-refractivity contribution in [1.82, 2.24) is 20.2 Å². The monoisotopic (exact) mass is 335 g/mol. The molecule has 5 nitrogen and oxygen atoms in total. The minimum Gasteiger partial charge on any atom is -0.399 e. The second kappa shape index (κ2) is 5.52. The molecule has 1 fully saturated rings. The minimum absolute atomic E-state index is 0.399. The van der Waals surface area contributed by atoms with E-state index in [2.05, 4.69) is 38.4 Å². The Kier molecular flexibility index (Phi) is 3.74. The summed E-state index contributed by atoms with van der Waals surface area (Å²) in [6.07, 6.45) is 4.76. The van der Waals surface area contributed by atoms with Crippen molar-refractivity contribution in [1.29, 1.82) is 0 Å². The summed E-state index contributed by atoms with van der Waals surface area (Å²) in [6, 6.07) is 6.19. The first-order valence-corrected chi connectivity index (χ1v) is 7.77. The molecule has 0 spiro atoms. The lowest BCUT2D eigenvalue weighted by Gasteiger charge is -2.26. The highest BCUT2D eigenvalue weighted by Gasteiger charge is 2.23. The van der Waals surface area contributed by atoms with E-state index in [1.165, 1.54) is 12.8 Å². The van der Waals surface area contributed by atoms with Gasteiger partial charge in [-0.1, -0.05) is 22.9 Å². The molecule has 1 aliphatic rings. The Morgan fingerprint density at radius 2 is 1.95 bits per heavy atom. The number of rotatable bonds is 2. The number of halogens is 1. The predicted molar refractivity (Wildman–Crippen MR) is 82.0 cm³/mol. The molecule has 0 amide bonds. The normalized spacial score (nSPS) is 22.9. The lowest BCUT2D eigenvalue weighted by atomic mass is 9.87. The fourth-order valence-electron chi connectivity index (χ4n) is 2.86. The van der Waals surface area contributed by atoms with Crippen molar-refractivity contribution >= 4 is 21.6 Å². The lowest BCUT2D eigenvalue weighted by Crippen LogP contribution is -2.18. The van der Waals surface area contributed by atoms with E-state index in [1.54, 1.807) is 0 Å². The third kappa shape index (κ3) is 2.70. The molecule has 1 aliphatic carbocycles. The number of benzene rings is 1. The van der Waals surface area contributed by atoms with E-state index in [0.717, 1.165) is 34.6 Å². The fourth-order valence-corrected chi connectivity index (χ4v) is 3.37. The van der Waals surface area contributed by atoms with Crippen LogP contribution in [0.25, 0.3) is 11.4 Å². The van der Waals surface area contributed by atoms with Gasteiger partial charge in [-0.15, -0.1) is 5.10 Å². The Balaban J connectivity index is 1.93. The molecule has 0 radical (unpaired) electrons. The Bertz CT molecular complexity index is 581. The number of tetrazole rings is 1. The second-order valence-electron chi connectivity index (χ2n) is 5.63. The van der Waals surface area contributed by atoms with Crippen molar-refractivity contribution in [2.24, 2.45) is 5.92 Å². The highest BCUT2D eigenvalue weighted by Crippen LogP contribution is 2.34. The largest absolute Gasteiger partial charge is 0.399 e. The molecule has 0 unspecified atom stereocenters. The quantitative estimate of drug-likeness (QED) is 0.853. The van der Waals surface area contributed by atoms with E-state index in [1.807, 2.05) is 22.9 Å². The molecule has 1 aromatic carbocycles. The van der Waals surface area contributed by atoms with Crippen molar-refractivity contribution < 1.29 is 0 Å². The van der Waals surface area contributed by atoms with Crippen LogP contribution in [-0.2, 0) is 0 Å². The van der Waals surface area contributed by atoms with Crippen LogP contribution in [0.2, 0.25) is 0 Å². The zero-order valence-electron chi connectivity index (χ0n) is 11.5. The Hall–Kier alpha value is -1.43. The maximum atomic E-state index is 5.90. The summed E-state index contributed by atoms with van der Waals surface area (Å²) in [4.78, 5) is 0. The summed E-state index contributed by atoms with van der Waals surface area (Å²) in [6.45, 7) is 2.31. The van der Waals surface area contributed by atoms with Crippen LogP contribution in [0.5, 0.6) is 0 Å². The van der Waals surface area contributed by atoms with Crippen LogP contribution in [0.15, 0.2) is 22.7 Å². The number of nitrogen functional groups attached to an aromatic ring is 1. The van der Waals surface area contributed by atoms with Crippen LogP contribution in [0.1, 0.15) is 38.6 Å². The molecule has 6 heteroatoms. The molecule has 1 heterocycles. The average Bonchev–Trinajstić information content (AvgIpc) is 2.87. The van der Waals surface area contributed by atoms with Crippen molar-refractivity contribution in [2.75, 3.05) is 5.73 Å². The van der Waals surface area contributed by atoms with Gasteiger partial charge in [-0.05, 0) is 60.2 Å². The molecule has 0 aliphatic heterocycles. The summed E-state index contributed by atoms with van der Waals surface area (Å²) in [7, 11) is 0. The van der Waals surface area contributed by atoms with Gasteiger partial charge in [0.05, 0.1) is 6.04 Å². The van der Waals surface area contributed by atoms with Crippen LogP contribution in [0, 0.1) is 5.92 Å². The van der Waals surface area contributed by atoms with Crippen LogP contribution in [0.3, 0.4) is 0 Å². The summed E-state index contributed by atoms with van der Waals surface area (Å²) in [5, 5.41) is 12.2. The predicted octanol–water partition coefficient (Wildman–Crippen LogP) is 3.44. The van der Waals surface area contributed by atoms with Crippen molar-refractivity contribution in [3.63, 3.8) is 0 Å². The van der Waals surface area contributed by atoms with Gasteiger partial charge in [0.1, 0.15) is 0 Å². The van der Waals surface area contributed by atoms with Gasteiger partial charge in [0.15, 0.2) is 5.82 Å². The molecule has 0 atom stereocenters. The number of hydrogen-bond donors (Lipinski definition) is 1. The average molecular weight is 336 g/mol. The third-order valence-electron chi connectivity index (χ3n) is 4.00. The summed E-state index contributed by atoms with van der Waals surface area (Å²) in [5.41, 5.74) is 7.57. The van der Waals surface area contributed by atoms with E-state index >= 15 is 0 Å². The summed E-state index contributed by atoms with van der Waals surface area (Å²) >= 11 is 3.47. The van der Waals surface area contributed by atoms with Crippen molar-refractivity contribution in [3.05, 3.63) is 22.7 Å². The van der Waals surface area contributed by atoms with Gasteiger partial charge < -0.3 is 5.73 Å². The Labute approximate surface area is 126 Å². The Morgan fingerprint density at radius 3 is 2.65 bits per heavy atom. The van der Waals surface area contributed by atoms with Gasteiger partial charge in [0, 0.05) is 15.7 Å². The van der Waals surface area contributed by atoms with Crippen LogP contribution in [0.4, 0.5) is 5.69 Å². The van der Waals surface area contributed by atoms with Gasteiger partial charge in [0.2, 0.25) is 0 Å². The van der Waals surface area contributed by atoms with Gasteiger partial charge >= 0.3 is 0 Å². The molecule has 3 rings (SSSR count). The Morgan fingerprint density at radius 1 is 1.20 bits per heavy atom. The first-order chi connectivity index (χ1) is 9.63. The summed E-state index contributed by atoms with van der Waals surface area (Å²) < 4.78 is 2.91. The SMILES string of the molecule is CC1CCC(n2nnnc2-c2cc(N)cc(Br)c2)CC1. The van der Waals surface area contributed by atoms with Crippen LogP contribution >= 0.6 is 15.9 Å². The highest BCUT2D eigenvalue weighted by atomic mass is 79.9. The smallest absolute Gasteiger partial charge is 0.182 e. The van der Waals surface area contributed by atoms with Gasteiger partial charge in [-0.25, -0.2) is 4.68 Å². The molecular weight excluding hydrogens is 318 g/mol. The maximum Gasteiger partial charge on any atom is 0.182 e. The molecule has 106 valence electrons. The van der Waals surface area contributed by atoms with Gasteiger partial charge in [-0.3, -0.25) is 0 Å². The molecule has 2 N–H and O–H groups in total. The van der Waals surface area contributed by atoms with E-state index in [-0.39, 0.29) is 0 Å². The van der Waals surface area contributed by atoms with Crippen LogP contribution in [-0.4, -0.2) is 20.2 Å². The van der Waals surface area contributed by atoms with Crippen molar-refractivity contribution in [2.45, 2.75) is 38.6 Å². The standard InChI is InChI=1S/C14H18BrN5/c1-9-2-4-13(5-3-9)20-14(17-18-19-20)10-6-11(15)8-12(16)7-10/h6-9,13H,2-5,16H2,1H3. The van der Waals surface area contributed by atoms with E-state index in [9.17, 15) is 0 Å². The fraction of sp³-hybridized carbons (Fsp3) is 0.500. The number of hydrogen-bond acceptors (Lipinski definition) is 4. The molecule has 2 aromatic rings. The zero-order chi connectivity index (χ0) is 14.1. The number of anilines is 1. The van der Waals surface area contributed by atoms with E-state index in [0.29, 0.717) is 11.7 Å². The lowest BCUT2D eigenvalue weighted by molar-refractivity contribution is 0.272. The second-order valence-corrected chi connectivity index (χ2v) is 6.55. The third-order valence-corrected chi connectivity index (χ3v) is 4.46. The minimum atomic E-state index is 0.399. The molecule has 0 saturated heterocycles. The first-order valence-electron chi connectivity index (χ1n) is 6.98. The zero-order valence-corrected chi connectivity index (χ0v) is 13.0. The topological polar surface area (TPSA) is 69.6 Å². The highest BCUT2D eigenvalue weighted by molar-refractivity contribution is 9.10.